The number of benzene rings is 1. The standard InChI is InChI=1S/C15H18BrClO4/c1-20-14-8-10(11(16)9-15(14)21-2)7-13(19)12(18)5-3-4-6-17/h8-9H,3-7H2,1-2H3. The number of carbonyl (C=O) groups excluding carboxylic acids is 2. The summed E-state index contributed by atoms with van der Waals surface area (Å²) in [6.45, 7) is 0. The first kappa shape index (κ1) is 18.0. The van der Waals surface area contributed by atoms with E-state index in [4.69, 9.17) is 21.1 Å². The Morgan fingerprint density at radius 1 is 1.10 bits per heavy atom. The minimum absolute atomic E-state index is 0.0423. The van der Waals surface area contributed by atoms with Crippen LogP contribution in [0.2, 0.25) is 0 Å². The molecule has 0 aromatic heterocycles. The molecule has 1 aromatic carbocycles. The van der Waals surface area contributed by atoms with Crippen LogP contribution in [0.5, 0.6) is 11.5 Å². The lowest BCUT2D eigenvalue weighted by Gasteiger charge is -2.11. The largest absolute Gasteiger partial charge is 0.493 e. The van der Waals surface area contributed by atoms with E-state index in [-0.39, 0.29) is 18.6 Å². The van der Waals surface area contributed by atoms with Crippen LogP contribution in [0, 0.1) is 0 Å². The van der Waals surface area contributed by atoms with Crippen LogP contribution in [0.15, 0.2) is 16.6 Å². The van der Waals surface area contributed by atoms with E-state index in [1.807, 2.05) is 0 Å². The van der Waals surface area contributed by atoms with Gasteiger partial charge in [0.1, 0.15) is 0 Å². The topological polar surface area (TPSA) is 52.6 Å². The number of alkyl halides is 1. The maximum atomic E-state index is 11.9. The molecule has 0 bridgehead atoms. The van der Waals surface area contributed by atoms with E-state index >= 15 is 0 Å². The van der Waals surface area contributed by atoms with Gasteiger partial charge >= 0.3 is 0 Å². The molecular formula is C15H18BrClO4. The average molecular weight is 378 g/mol. The van der Waals surface area contributed by atoms with Crippen molar-refractivity contribution in [2.75, 3.05) is 20.1 Å². The van der Waals surface area contributed by atoms with Crippen molar-refractivity contribution in [3.05, 3.63) is 22.2 Å². The Labute approximate surface area is 137 Å². The molecule has 21 heavy (non-hydrogen) atoms. The normalized spacial score (nSPS) is 10.3. The number of ether oxygens (including phenoxy) is 2. The molecular weight excluding hydrogens is 360 g/mol. The Hall–Kier alpha value is -1.07. The molecule has 4 nitrogen and oxygen atoms in total. The van der Waals surface area contributed by atoms with E-state index in [0.29, 0.717) is 33.8 Å². The van der Waals surface area contributed by atoms with E-state index in [1.165, 1.54) is 14.2 Å². The molecule has 0 unspecified atom stereocenters. The van der Waals surface area contributed by atoms with E-state index in [9.17, 15) is 9.59 Å². The average Bonchev–Trinajstić information content (AvgIpc) is 2.48. The number of ketones is 2. The van der Waals surface area contributed by atoms with Crippen molar-refractivity contribution in [2.45, 2.75) is 25.7 Å². The van der Waals surface area contributed by atoms with Crippen molar-refractivity contribution in [1.82, 2.24) is 0 Å². The summed E-state index contributed by atoms with van der Waals surface area (Å²) in [6.07, 6.45) is 1.67. The molecule has 116 valence electrons. The number of unbranched alkanes of at least 4 members (excludes halogenated alkanes) is 1. The molecule has 0 atom stereocenters. The molecule has 0 aliphatic heterocycles. The molecule has 0 saturated heterocycles. The summed E-state index contributed by atoms with van der Waals surface area (Å²) in [7, 11) is 3.06. The SMILES string of the molecule is COc1cc(Br)c(CC(=O)C(=O)CCCCCl)cc1OC. The molecule has 1 rings (SSSR count). The Balaban J connectivity index is 2.78. The van der Waals surface area contributed by atoms with Gasteiger partial charge in [-0.15, -0.1) is 11.6 Å². The highest BCUT2D eigenvalue weighted by Gasteiger charge is 2.17. The minimum atomic E-state index is -0.405. The monoisotopic (exact) mass is 376 g/mol. The summed E-state index contributed by atoms with van der Waals surface area (Å²) in [4.78, 5) is 23.7. The van der Waals surface area contributed by atoms with Crippen LogP contribution >= 0.6 is 27.5 Å². The van der Waals surface area contributed by atoms with E-state index in [0.717, 1.165) is 6.42 Å². The highest BCUT2D eigenvalue weighted by atomic mass is 79.9. The summed E-state index contributed by atoms with van der Waals surface area (Å²) in [5.41, 5.74) is 0.698. The number of carbonyl (C=O) groups is 2. The van der Waals surface area contributed by atoms with Crippen LogP contribution in [-0.2, 0) is 16.0 Å². The minimum Gasteiger partial charge on any atom is -0.493 e. The van der Waals surface area contributed by atoms with Crippen molar-refractivity contribution in [1.29, 1.82) is 0 Å². The van der Waals surface area contributed by atoms with Gasteiger partial charge < -0.3 is 9.47 Å². The lowest BCUT2D eigenvalue weighted by Crippen LogP contribution is -2.16. The zero-order valence-corrected chi connectivity index (χ0v) is 14.4. The summed E-state index contributed by atoms with van der Waals surface area (Å²) in [5.74, 6) is 0.828. The second kappa shape index (κ2) is 9.05. The summed E-state index contributed by atoms with van der Waals surface area (Å²) < 4.78 is 11.1. The molecule has 0 spiro atoms. The van der Waals surface area contributed by atoms with Gasteiger partial charge in [-0.25, -0.2) is 0 Å². The van der Waals surface area contributed by atoms with Gasteiger partial charge in [-0.05, 0) is 30.5 Å². The van der Waals surface area contributed by atoms with Crippen molar-refractivity contribution in [3.63, 3.8) is 0 Å². The van der Waals surface area contributed by atoms with Crippen LogP contribution in [0.25, 0.3) is 0 Å². The fourth-order valence-corrected chi connectivity index (χ4v) is 2.47. The third kappa shape index (κ3) is 5.32. The first-order valence-corrected chi connectivity index (χ1v) is 7.88. The number of methoxy groups -OCH3 is 2. The molecule has 0 amide bonds. The van der Waals surface area contributed by atoms with Crippen molar-refractivity contribution >= 4 is 39.1 Å². The summed E-state index contributed by atoms with van der Waals surface area (Å²) in [5, 5.41) is 0. The van der Waals surface area contributed by atoms with Gasteiger partial charge in [0.15, 0.2) is 17.3 Å². The van der Waals surface area contributed by atoms with Crippen LogP contribution in [0.1, 0.15) is 24.8 Å². The molecule has 0 saturated carbocycles. The second-order valence-electron chi connectivity index (χ2n) is 4.47. The van der Waals surface area contributed by atoms with Gasteiger partial charge in [0.2, 0.25) is 5.78 Å². The van der Waals surface area contributed by atoms with Gasteiger partial charge in [-0.3, -0.25) is 9.59 Å². The van der Waals surface area contributed by atoms with Crippen molar-refractivity contribution in [2.24, 2.45) is 0 Å². The zero-order valence-electron chi connectivity index (χ0n) is 12.1. The van der Waals surface area contributed by atoms with Crippen LogP contribution < -0.4 is 9.47 Å². The van der Waals surface area contributed by atoms with E-state index in [1.54, 1.807) is 12.1 Å². The number of halogens is 2. The van der Waals surface area contributed by atoms with Gasteiger partial charge in [0, 0.05) is 23.2 Å². The highest BCUT2D eigenvalue weighted by Crippen LogP contribution is 2.33. The Kier molecular flexibility index (Phi) is 7.75. The van der Waals surface area contributed by atoms with Gasteiger partial charge in [0.25, 0.3) is 0 Å². The fourth-order valence-electron chi connectivity index (χ4n) is 1.82. The Bertz CT molecular complexity index is 517. The molecule has 0 radical (unpaired) electrons. The quantitative estimate of drug-likeness (QED) is 0.375. The predicted octanol–water partition coefficient (Wildman–Crippen LogP) is 3.56. The molecule has 0 fully saturated rings. The molecule has 0 N–H and O–H groups in total. The number of hydrogen-bond donors (Lipinski definition) is 0. The lowest BCUT2D eigenvalue weighted by molar-refractivity contribution is -0.136. The van der Waals surface area contributed by atoms with Crippen molar-refractivity contribution < 1.29 is 19.1 Å². The maximum absolute atomic E-state index is 11.9. The van der Waals surface area contributed by atoms with Crippen LogP contribution in [0.4, 0.5) is 0 Å². The number of rotatable bonds is 9. The third-order valence-electron chi connectivity index (χ3n) is 3.00. The van der Waals surface area contributed by atoms with Gasteiger partial charge in [0.05, 0.1) is 14.2 Å². The second-order valence-corrected chi connectivity index (χ2v) is 5.70. The molecule has 0 aliphatic rings. The first-order chi connectivity index (χ1) is 10.0. The smallest absolute Gasteiger partial charge is 0.202 e. The van der Waals surface area contributed by atoms with Crippen LogP contribution in [0.3, 0.4) is 0 Å². The predicted molar refractivity (Wildman–Crippen MR) is 85.5 cm³/mol. The first-order valence-electron chi connectivity index (χ1n) is 6.55. The third-order valence-corrected chi connectivity index (χ3v) is 4.01. The lowest BCUT2D eigenvalue weighted by atomic mass is 10.0. The molecule has 6 heteroatoms. The Morgan fingerprint density at radius 2 is 1.71 bits per heavy atom. The molecule has 1 aromatic rings. The van der Waals surface area contributed by atoms with Crippen molar-refractivity contribution in [3.8, 4) is 11.5 Å². The van der Waals surface area contributed by atoms with Crippen LogP contribution in [-0.4, -0.2) is 31.7 Å². The molecule has 0 aliphatic carbocycles. The highest BCUT2D eigenvalue weighted by molar-refractivity contribution is 9.10. The maximum Gasteiger partial charge on any atom is 0.202 e. The van der Waals surface area contributed by atoms with Gasteiger partial charge in [-0.2, -0.15) is 0 Å². The number of Topliss-reactive ketones (excluding diaryl/α,β-unsaturated/α-hetero) is 2. The fraction of sp³-hybridized carbons (Fsp3) is 0.467. The van der Waals surface area contributed by atoms with E-state index in [2.05, 4.69) is 15.9 Å². The molecule has 0 heterocycles. The van der Waals surface area contributed by atoms with Gasteiger partial charge in [-0.1, -0.05) is 15.9 Å². The summed E-state index contributed by atoms with van der Waals surface area (Å²) >= 11 is 8.93. The van der Waals surface area contributed by atoms with E-state index < -0.39 is 5.78 Å². The Morgan fingerprint density at radius 3 is 2.29 bits per heavy atom. The zero-order chi connectivity index (χ0) is 15.8. The number of hydrogen-bond acceptors (Lipinski definition) is 4. The summed E-state index contributed by atoms with van der Waals surface area (Å²) in [6, 6.07) is 3.42.